The van der Waals surface area contributed by atoms with Crippen molar-refractivity contribution in [3.8, 4) is 0 Å². The Kier molecular flexibility index (Phi) is 6.07. The zero-order valence-electron chi connectivity index (χ0n) is 18.1. The van der Waals surface area contributed by atoms with E-state index >= 15 is 0 Å². The first-order valence-corrected chi connectivity index (χ1v) is 10.9. The van der Waals surface area contributed by atoms with Gasteiger partial charge >= 0.3 is 0 Å². The zero-order valence-corrected chi connectivity index (χ0v) is 18.1. The Bertz CT molecular complexity index is 981. The number of hydrogen-bond donors (Lipinski definition) is 1. The van der Waals surface area contributed by atoms with Crippen LogP contribution in [0.1, 0.15) is 30.4 Å². The van der Waals surface area contributed by atoms with Crippen LogP contribution in [0.3, 0.4) is 0 Å². The van der Waals surface area contributed by atoms with E-state index in [1.807, 2.05) is 61.2 Å². The van der Waals surface area contributed by atoms with Gasteiger partial charge in [-0.05, 0) is 50.5 Å². The van der Waals surface area contributed by atoms with Gasteiger partial charge in [-0.25, -0.2) is 0 Å². The first-order valence-electron chi connectivity index (χ1n) is 10.9. The summed E-state index contributed by atoms with van der Waals surface area (Å²) in [6.45, 7) is 5.56. The molecule has 0 radical (unpaired) electrons. The number of benzene rings is 2. The third-order valence-corrected chi connectivity index (χ3v) is 6.36. The van der Waals surface area contributed by atoms with Gasteiger partial charge in [-0.2, -0.15) is 0 Å². The van der Waals surface area contributed by atoms with Crippen molar-refractivity contribution in [1.82, 2.24) is 4.90 Å². The topological polar surface area (TPSA) is 69.7 Å². The van der Waals surface area contributed by atoms with Crippen molar-refractivity contribution in [2.45, 2.75) is 33.1 Å². The summed E-state index contributed by atoms with van der Waals surface area (Å²) >= 11 is 0. The Labute approximate surface area is 183 Å². The van der Waals surface area contributed by atoms with Crippen LogP contribution >= 0.6 is 0 Å². The molecule has 6 heteroatoms. The lowest BCUT2D eigenvalue weighted by Crippen LogP contribution is -2.44. The van der Waals surface area contributed by atoms with E-state index in [9.17, 15) is 14.4 Å². The fourth-order valence-electron chi connectivity index (χ4n) is 4.54. The molecule has 0 spiro atoms. The first-order chi connectivity index (χ1) is 14.9. The number of hydrogen-bond acceptors (Lipinski definition) is 3. The molecule has 6 nitrogen and oxygen atoms in total. The average molecular weight is 420 g/mol. The summed E-state index contributed by atoms with van der Waals surface area (Å²) in [6, 6.07) is 15.5. The first kappa shape index (κ1) is 21.1. The van der Waals surface area contributed by atoms with E-state index in [-0.39, 0.29) is 36.0 Å². The van der Waals surface area contributed by atoms with Gasteiger partial charge in [0.15, 0.2) is 0 Å². The van der Waals surface area contributed by atoms with Crippen LogP contribution in [-0.2, 0) is 14.4 Å². The summed E-state index contributed by atoms with van der Waals surface area (Å²) in [4.78, 5) is 41.7. The van der Waals surface area contributed by atoms with Crippen molar-refractivity contribution in [2.75, 3.05) is 29.9 Å². The third-order valence-electron chi connectivity index (χ3n) is 6.36. The van der Waals surface area contributed by atoms with Crippen molar-refractivity contribution >= 4 is 29.1 Å². The highest BCUT2D eigenvalue weighted by atomic mass is 16.2. The quantitative estimate of drug-likeness (QED) is 0.824. The van der Waals surface area contributed by atoms with Gasteiger partial charge in [-0.3, -0.25) is 14.4 Å². The standard InChI is InChI=1S/C25H29N3O3/c1-17-8-9-22(18(2)14-17)26-24(30)19-10-12-27(13-11-19)25(31)20-15-23(29)28(16-20)21-6-4-3-5-7-21/h3-9,14,19-20H,10-13,15-16H2,1-2H3,(H,26,30). The van der Waals surface area contributed by atoms with E-state index in [1.54, 1.807) is 4.90 Å². The van der Waals surface area contributed by atoms with Crippen molar-refractivity contribution in [1.29, 1.82) is 0 Å². The van der Waals surface area contributed by atoms with Crippen molar-refractivity contribution in [3.05, 3.63) is 59.7 Å². The molecule has 2 aromatic rings. The van der Waals surface area contributed by atoms with Crippen LogP contribution in [-0.4, -0.2) is 42.3 Å². The van der Waals surface area contributed by atoms with E-state index in [2.05, 4.69) is 11.4 Å². The molecule has 2 aromatic carbocycles. The molecule has 3 amide bonds. The predicted octanol–water partition coefficient (Wildman–Crippen LogP) is 3.53. The minimum Gasteiger partial charge on any atom is -0.342 e. The highest BCUT2D eigenvalue weighted by Gasteiger charge is 2.38. The van der Waals surface area contributed by atoms with Crippen molar-refractivity contribution in [2.24, 2.45) is 11.8 Å². The number of carbonyl (C=O) groups excluding carboxylic acids is 3. The molecule has 2 saturated heterocycles. The molecule has 0 saturated carbocycles. The number of nitrogens with zero attached hydrogens (tertiary/aromatic N) is 2. The summed E-state index contributed by atoms with van der Waals surface area (Å²) in [5, 5.41) is 3.04. The van der Waals surface area contributed by atoms with Crippen LogP contribution in [0.5, 0.6) is 0 Å². The fraction of sp³-hybridized carbons (Fsp3) is 0.400. The molecule has 2 aliphatic rings. The molecule has 0 bridgehead atoms. The maximum Gasteiger partial charge on any atom is 0.228 e. The maximum atomic E-state index is 13.0. The summed E-state index contributed by atoms with van der Waals surface area (Å²) in [5.41, 5.74) is 3.90. The van der Waals surface area contributed by atoms with Crippen LogP contribution in [0.25, 0.3) is 0 Å². The lowest BCUT2D eigenvalue weighted by Gasteiger charge is -2.33. The number of rotatable bonds is 4. The van der Waals surface area contributed by atoms with Crippen molar-refractivity contribution in [3.63, 3.8) is 0 Å². The highest BCUT2D eigenvalue weighted by molar-refractivity contribution is 6.00. The third kappa shape index (κ3) is 4.63. The normalized spacial score (nSPS) is 19.5. The Balaban J connectivity index is 1.31. The molecular formula is C25H29N3O3. The molecule has 2 heterocycles. The summed E-state index contributed by atoms with van der Waals surface area (Å²) in [5.74, 6) is -0.373. The number of piperidine rings is 1. The fourth-order valence-corrected chi connectivity index (χ4v) is 4.54. The van der Waals surface area contributed by atoms with Gasteiger partial charge in [0.05, 0.1) is 5.92 Å². The molecular weight excluding hydrogens is 390 g/mol. The number of amides is 3. The van der Waals surface area contributed by atoms with Gasteiger partial charge in [0.1, 0.15) is 0 Å². The lowest BCUT2D eigenvalue weighted by molar-refractivity contribution is -0.138. The molecule has 0 aromatic heterocycles. The largest absolute Gasteiger partial charge is 0.342 e. The molecule has 162 valence electrons. The number of likely N-dealkylation sites (tertiary alicyclic amines) is 1. The average Bonchev–Trinajstić information content (AvgIpc) is 3.17. The van der Waals surface area contributed by atoms with E-state index in [1.165, 1.54) is 5.56 Å². The van der Waals surface area contributed by atoms with Gasteiger partial charge in [0.25, 0.3) is 0 Å². The smallest absolute Gasteiger partial charge is 0.228 e. The van der Waals surface area contributed by atoms with Crippen LogP contribution in [0.15, 0.2) is 48.5 Å². The summed E-state index contributed by atoms with van der Waals surface area (Å²) in [6.07, 6.45) is 1.54. The van der Waals surface area contributed by atoms with E-state index in [4.69, 9.17) is 0 Å². The molecule has 1 atom stereocenters. The highest BCUT2D eigenvalue weighted by Crippen LogP contribution is 2.28. The maximum absolute atomic E-state index is 13.0. The number of para-hydroxylation sites is 1. The van der Waals surface area contributed by atoms with E-state index in [0.717, 1.165) is 16.9 Å². The Morgan fingerprint density at radius 1 is 0.968 bits per heavy atom. The number of nitrogens with one attached hydrogen (secondary N) is 1. The Morgan fingerprint density at radius 3 is 2.35 bits per heavy atom. The molecule has 1 N–H and O–H groups in total. The van der Waals surface area contributed by atoms with Crippen LogP contribution < -0.4 is 10.2 Å². The number of carbonyl (C=O) groups is 3. The summed E-state index contributed by atoms with van der Waals surface area (Å²) < 4.78 is 0. The molecule has 1 unspecified atom stereocenters. The van der Waals surface area contributed by atoms with Crippen LogP contribution in [0, 0.1) is 25.7 Å². The second-order valence-electron chi connectivity index (χ2n) is 8.65. The Morgan fingerprint density at radius 2 is 1.68 bits per heavy atom. The molecule has 31 heavy (non-hydrogen) atoms. The lowest BCUT2D eigenvalue weighted by atomic mass is 9.94. The van der Waals surface area contributed by atoms with Crippen molar-refractivity contribution < 1.29 is 14.4 Å². The predicted molar refractivity (Wildman–Crippen MR) is 121 cm³/mol. The van der Waals surface area contributed by atoms with E-state index < -0.39 is 0 Å². The SMILES string of the molecule is Cc1ccc(NC(=O)C2CCN(C(=O)C3CC(=O)N(c4ccccc4)C3)CC2)c(C)c1. The number of aryl methyl sites for hydroxylation is 2. The molecule has 4 rings (SSSR count). The minimum absolute atomic E-state index is 0.00715. The van der Waals surface area contributed by atoms with E-state index in [0.29, 0.717) is 32.5 Å². The molecule has 2 fully saturated rings. The molecule has 2 aliphatic heterocycles. The van der Waals surface area contributed by atoms with Gasteiger partial charge in [0.2, 0.25) is 17.7 Å². The zero-order chi connectivity index (χ0) is 22.0. The minimum atomic E-state index is -0.312. The second kappa shape index (κ2) is 8.92. The molecule has 0 aliphatic carbocycles. The van der Waals surface area contributed by atoms with Gasteiger partial charge in [-0.1, -0.05) is 35.9 Å². The van der Waals surface area contributed by atoms with Gasteiger partial charge < -0.3 is 15.1 Å². The van der Waals surface area contributed by atoms with Crippen LogP contribution in [0.2, 0.25) is 0 Å². The second-order valence-corrected chi connectivity index (χ2v) is 8.65. The van der Waals surface area contributed by atoms with Gasteiger partial charge in [0, 0.05) is 43.3 Å². The monoisotopic (exact) mass is 419 g/mol. The van der Waals surface area contributed by atoms with Crippen LogP contribution in [0.4, 0.5) is 11.4 Å². The number of anilines is 2. The Hall–Kier alpha value is -3.15. The summed E-state index contributed by atoms with van der Waals surface area (Å²) in [7, 11) is 0. The van der Waals surface area contributed by atoms with Gasteiger partial charge in [-0.15, -0.1) is 0 Å².